The van der Waals surface area contributed by atoms with Gasteiger partial charge in [0.25, 0.3) is 0 Å². The van der Waals surface area contributed by atoms with Gasteiger partial charge in [0, 0.05) is 31.9 Å². The third-order valence-corrected chi connectivity index (χ3v) is 4.05. The number of rotatable bonds is 19. The number of unbranched alkanes of at least 4 members (excludes halogenated alkanes) is 1. The highest BCUT2D eigenvalue weighted by molar-refractivity contribution is 5.78. The summed E-state index contributed by atoms with van der Waals surface area (Å²) in [6.07, 6.45) is 5.47. The molecule has 0 radical (unpaired) electrons. The third kappa shape index (κ3) is 19.6. The zero-order valence-electron chi connectivity index (χ0n) is 17.9. The summed E-state index contributed by atoms with van der Waals surface area (Å²) in [6.45, 7) is 11.8. The van der Waals surface area contributed by atoms with Crippen LogP contribution in [-0.2, 0) is 23.8 Å². The van der Waals surface area contributed by atoms with Gasteiger partial charge in [-0.15, -0.1) is 0 Å². The SMILES string of the molecule is CC(C)CCCCC(=O)CCCOCCOCCOCCNC(=O)C(C)C. The Labute approximate surface area is 165 Å². The maximum Gasteiger partial charge on any atom is 0.222 e. The van der Waals surface area contributed by atoms with E-state index in [0.29, 0.717) is 64.8 Å². The smallest absolute Gasteiger partial charge is 0.222 e. The van der Waals surface area contributed by atoms with Crippen molar-refractivity contribution >= 4 is 11.7 Å². The number of carbonyl (C=O) groups is 2. The maximum absolute atomic E-state index is 11.7. The second-order valence-corrected chi connectivity index (χ2v) is 7.56. The monoisotopic (exact) mass is 387 g/mol. The highest BCUT2D eigenvalue weighted by Gasteiger charge is 2.05. The summed E-state index contributed by atoms with van der Waals surface area (Å²) in [6, 6.07) is 0. The van der Waals surface area contributed by atoms with E-state index in [9.17, 15) is 9.59 Å². The lowest BCUT2D eigenvalue weighted by Crippen LogP contribution is -2.31. The van der Waals surface area contributed by atoms with Gasteiger partial charge in [-0.2, -0.15) is 0 Å². The molecule has 0 fully saturated rings. The van der Waals surface area contributed by atoms with Crippen LogP contribution >= 0.6 is 0 Å². The molecule has 0 saturated carbocycles. The van der Waals surface area contributed by atoms with Gasteiger partial charge < -0.3 is 19.5 Å². The molecule has 1 amide bonds. The quantitative estimate of drug-likeness (QED) is 0.344. The Bertz CT molecular complexity index is 372. The molecule has 0 heterocycles. The Hall–Kier alpha value is -0.980. The van der Waals surface area contributed by atoms with Gasteiger partial charge in [0.15, 0.2) is 0 Å². The first kappa shape index (κ1) is 26.0. The Morgan fingerprint density at radius 2 is 1.30 bits per heavy atom. The second kappa shape index (κ2) is 18.4. The van der Waals surface area contributed by atoms with Crippen LogP contribution in [-0.4, -0.2) is 57.9 Å². The highest BCUT2D eigenvalue weighted by atomic mass is 16.5. The lowest BCUT2D eigenvalue weighted by molar-refractivity contribution is -0.124. The Balaban J connectivity index is 3.20. The van der Waals surface area contributed by atoms with Crippen molar-refractivity contribution in [2.45, 2.75) is 66.2 Å². The Morgan fingerprint density at radius 3 is 1.89 bits per heavy atom. The fraction of sp³-hybridized carbons (Fsp3) is 0.905. The van der Waals surface area contributed by atoms with Crippen LogP contribution in [0.1, 0.15) is 66.2 Å². The summed E-state index contributed by atoms with van der Waals surface area (Å²) < 4.78 is 16.2. The van der Waals surface area contributed by atoms with Crippen molar-refractivity contribution < 1.29 is 23.8 Å². The molecule has 0 aliphatic rings. The van der Waals surface area contributed by atoms with Gasteiger partial charge in [0.05, 0.1) is 33.0 Å². The lowest BCUT2D eigenvalue weighted by atomic mass is 10.0. The van der Waals surface area contributed by atoms with Gasteiger partial charge in [-0.05, 0) is 18.8 Å². The van der Waals surface area contributed by atoms with E-state index in [-0.39, 0.29) is 11.8 Å². The summed E-state index contributed by atoms with van der Waals surface area (Å²) >= 11 is 0. The summed E-state index contributed by atoms with van der Waals surface area (Å²) in [5, 5.41) is 2.79. The number of ketones is 1. The molecule has 0 unspecified atom stereocenters. The van der Waals surface area contributed by atoms with Crippen molar-refractivity contribution in [1.29, 1.82) is 0 Å². The standard InChI is InChI=1S/C21H41NO5/c1-18(2)8-5-6-9-20(23)10-7-12-25-14-16-27-17-15-26-13-11-22-21(24)19(3)4/h18-19H,5-17H2,1-4H3,(H,22,24). The molecule has 6 heteroatoms. The van der Waals surface area contributed by atoms with Crippen LogP contribution in [0.4, 0.5) is 0 Å². The summed E-state index contributed by atoms with van der Waals surface area (Å²) in [7, 11) is 0. The van der Waals surface area contributed by atoms with Gasteiger partial charge in [-0.25, -0.2) is 0 Å². The first-order valence-electron chi connectivity index (χ1n) is 10.5. The molecule has 160 valence electrons. The predicted molar refractivity (Wildman–Crippen MR) is 108 cm³/mol. The van der Waals surface area contributed by atoms with E-state index in [1.807, 2.05) is 13.8 Å². The zero-order valence-corrected chi connectivity index (χ0v) is 17.9. The molecule has 0 bridgehead atoms. The topological polar surface area (TPSA) is 73.9 Å². The number of carbonyl (C=O) groups excluding carboxylic acids is 2. The third-order valence-electron chi connectivity index (χ3n) is 4.05. The minimum Gasteiger partial charge on any atom is -0.379 e. The van der Waals surface area contributed by atoms with Gasteiger partial charge >= 0.3 is 0 Å². The normalized spacial score (nSPS) is 11.3. The molecule has 0 aromatic carbocycles. The van der Waals surface area contributed by atoms with Crippen molar-refractivity contribution in [3.8, 4) is 0 Å². The van der Waals surface area contributed by atoms with Crippen molar-refractivity contribution in [1.82, 2.24) is 5.32 Å². The molecule has 0 saturated heterocycles. The average molecular weight is 388 g/mol. The van der Waals surface area contributed by atoms with Crippen LogP contribution in [0.3, 0.4) is 0 Å². The molecular weight excluding hydrogens is 346 g/mol. The Morgan fingerprint density at radius 1 is 0.741 bits per heavy atom. The average Bonchev–Trinajstić information content (AvgIpc) is 2.62. The van der Waals surface area contributed by atoms with Crippen LogP contribution in [0.5, 0.6) is 0 Å². The van der Waals surface area contributed by atoms with E-state index >= 15 is 0 Å². The van der Waals surface area contributed by atoms with Gasteiger partial charge in [-0.3, -0.25) is 9.59 Å². The van der Waals surface area contributed by atoms with Gasteiger partial charge in [0.1, 0.15) is 5.78 Å². The summed E-state index contributed by atoms with van der Waals surface area (Å²) in [5.41, 5.74) is 0. The molecule has 0 aliphatic carbocycles. The minimum absolute atomic E-state index is 0.00108. The number of amides is 1. The van der Waals surface area contributed by atoms with Crippen molar-refractivity contribution in [3.05, 3.63) is 0 Å². The van der Waals surface area contributed by atoms with Crippen molar-refractivity contribution in [2.75, 3.05) is 46.2 Å². The fourth-order valence-corrected chi connectivity index (χ4v) is 2.36. The highest BCUT2D eigenvalue weighted by Crippen LogP contribution is 2.09. The van der Waals surface area contributed by atoms with Crippen LogP contribution < -0.4 is 5.32 Å². The van der Waals surface area contributed by atoms with Crippen molar-refractivity contribution in [2.24, 2.45) is 11.8 Å². The molecule has 27 heavy (non-hydrogen) atoms. The maximum atomic E-state index is 11.7. The summed E-state index contributed by atoms with van der Waals surface area (Å²) in [4.78, 5) is 23.0. The fourth-order valence-electron chi connectivity index (χ4n) is 2.36. The molecule has 0 spiro atoms. The second-order valence-electron chi connectivity index (χ2n) is 7.56. The van der Waals surface area contributed by atoms with E-state index in [1.54, 1.807) is 0 Å². The van der Waals surface area contributed by atoms with E-state index in [2.05, 4.69) is 19.2 Å². The number of hydrogen-bond donors (Lipinski definition) is 1. The predicted octanol–water partition coefficient (Wildman–Crippen LogP) is 3.37. The minimum atomic E-state index is 0.00108. The molecule has 1 N–H and O–H groups in total. The van der Waals surface area contributed by atoms with Crippen LogP contribution in [0.15, 0.2) is 0 Å². The number of hydrogen-bond acceptors (Lipinski definition) is 5. The van der Waals surface area contributed by atoms with E-state index in [0.717, 1.165) is 25.2 Å². The molecule has 0 aliphatic heterocycles. The lowest BCUT2D eigenvalue weighted by Gasteiger charge is -2.09. The molecule has 0 aromatic rings. The summed E-state index contributed by atoms with van der Waals surface area (Å²) in [5.74, 6) is 1.11. The van der Waals surface area contributed by atoms with E-state index < -0.39 is 0 Å². The van der Waals surface area contributed by atoms with Crippen LogP contribution in [0.25, 0.3) is 0 Å². The van der Waals surface area contributed by atoms with Crippen LogP contribution in [0.2, 0.25) is 0 Å². The molecule has 0 atom stereocenters. The van der Waals surface area contributed by atoms with E-state index in [1.165, 1.54) is 6.42 Å². The first-order valence-corrected chi connectivity index (χ1v) is 10.5. The van der Waals surface area contributed by atoms with Crippen molar-refractivity contribution in [3.63, 3.8) is 0 Å². The van der Waals surface area contributed by atoms with E-state index in [4.69, 9.17) is 14.2 Å². The molecule has 0 rings (SSSR count). The molecule has 6 nitrogen and oxygen atoms in total. The number of ether oxygens (including phenoxy) is 3. The largest absolute Gasteiger partial charge is 0.379 e. The van der Waals surface area contributed by atoms with Crippen LogP contribution in [0, 0.1) is 11.8 Å². The van der Waals surface area contributed by atoms with Gasteiger partial charge in [0.2, 0.25) is 5.91 Å². The Kier molecular flexibility index (Phi) is 17.7. The number of nitrogens with one attached hydrogen (secondary N) is 1. The molecule has 0 aromatic heterocycles. The first-order chi connectivity index (χ1) is 12.9. The van der Waals surface area contributed by atoms with Gasteiger partial charge in [-0.1, -0.05) is 40.5 Å². The zero-order chi connectivity index (χ0) is 20.3. The number of Topliss-reactive ketones (excluding diaryl/α,β-unsaturated/α-hetero) is 1. The molecular formula is C21H41NO5.